The third-order valence-corrected chi connectivity index (χ3v) is 6.13. The van der Waals surface area contributed by atoms with E-state index in [-0.39, 0.29) is 12.3 Å². The topological polar surface area (TPSA) is 111 Å². The molecule has 0 unspecified atom stereocenters. The fourth-order valence-corrected chi connectivity index (χ4v) is 4.57. The quantitative estimate of drug-likeness (QED) is 0.446. The van der Waals surface area contributed by atoms with E-state index in [0.717, 1.165) is 36.8 Å². The standard InChI is InChI=1S/C14H19NO5.C12H15NO3/c1-4-17-11-8-7-20-14(16)9(8)10(15)12(18-5-2)13(11)19-6-3;1-13-4-3-8-5-10-12(16-7-15-10)11(14-2)9(8)6-13/h4-7,15H2,1-3H3;5H,3-4,6-7H2,1-2H3. The average molecular weight is 503 g/mol. The molecule has 5 rings (SSSR count). The number of carbonyl (C=O) groups is 1. The maximum atomic E-state index is 11.8. The predicted octanol–water partition coefficient (Wildman–Crippen LogP) is 3.55. The minimum Gasteiger partial charge on any atom is -0.492 e. The lowest BCUT2D eigenvalue weighted by Gasteiger charge is -2.26. The maximum absolute atomic E-state index is 11.8. The van der Waals surface area contributed by atoms with Crippen LogP contribution >= 0.6 is 0 Å². The monoisotopic (exact) mass is 502 g/mol. The van der Waals surface area contributed by atoms with Crippen molar-refractivity contribution < 1.29 is 38.0 Å². The van der Waals surface area contributed by atoms with Gasteiger partial charge in [0, 0.05) is 18.7 Å². The minimum atomic E-state index is -0.456. The summed E-state index contributed by atoms with van der Waals surface area (Å²) >= 11 is 0. The Labute approximate surface area is 211 Å². The molecule has 0 radical (unpaired) electrons. The van der Waals surface area contributed by atoms with Gasteiger partial charge in [0.15, 0.2) is 23.0 Å². The molecule has 2 aromatic rings. The van der Waals surface area contributed by atoms with E-state index >= 15 is 0 Å². The van der Waals surface area contributed by atoms with Crippen LogP contribution in [0.5, 0.6) is 34.5 Å². The Kier molecular flexibility index (Phi) is 7.83. The van der Waals surface area contributed by atoms with Crippen LogP contribution in [-0.2, 0) is 24.3 Å². The Morgan fingerprint density at radius 1 is 0.944 bits per heavy atom. The number of ether oxygens (including phenoxy) is 7. The number of nitrogens with zero attached hydrogens (tertiary/aromatic N) is 1. The number of nitrogen functional groups attached to an aromatic ring is 1. The molecule has 0 saturated heterocycles. The molecule has 0 bridgehead atoms. The van der Waals surface area contributed by atoms with Crippen LogP contribution in [0.15, 0.2) is 6.07 Å². The number of anilines is 1. The van der Waals surface area contributed by atoms with Gasteiger partial charge in [-0.25, -0.2) is 4.79 Å². The summed E-state index contributed by atoms with van der Waals surface area (Å²) in [6.07, 6.45) is 1.04. The number of rotatable bonds is 7. The lowest BCUT2D eigenvalue weighted by molar-refractivity contribution is 0.0534. The van der Waals surface area contributed by atoms with Crippen molar-refractivity contribution in [2.75, 3.05) is 53.0 Å². The van der Waals surface area contributed by atoms with Crippen LogP contribution in [0, 0.1) is 0 Å². The lowest BCUT2D eigenvalue weighted by atomic mass is 9.98. The van der Waals surface area contributed by atoms with Crippen LogP contribution in [0.25, 0.3) is 0 Å². The normalized spacial score (nSPS) is 15.3. The summed E-state index contributed by atoms with van der Waals surface area (Å²) in [5.74, 6) is 3.23. The Hall–Kier alpha value is -3.53. The van der Waals surface area contributed by atoms with Gasteiger partial charge in [0.05, 0.1) is 43.7 Å². The van der Waals surface area contributed by atoms with Gasteiger partial charge < -0.3 is 43.8 Å². The van der Waals surface area contributed by atoms with Crippen LogP contribution in [0.1, 0.15) is 47.8 Å². The molecule has 0 fully saturated rings. The van der Waals surface area contributed by atoms with E-state index in [4.69, 9.17) is 38.9 Å². The molecule has 2 N–H and O–H groups in total. The van der Waals surface area contributed by atoms with E-state index in [1.165, 1.54) is 11.1 Å². The van der Waals surface area contributed by atoms with E-state index in [9.17, 15) is 4.79 Å². The third-order valence-electron chi connectivity index (χ3n) is 6.13. The van der Waals surface area contributed by atoms with E-state index in [0.29, 0.717) is 55.0 Å². The largest absolute Gasteiger partial charge is 0.492 e. The van der Waals surface area contributed by atoms with Crippen molar-refractivity contribution in [3.05, 3.63) is 28.3 Å². The van der Waals surface area contributed by atoms with Gasteiger partial charge >= 0.3 is 5.97 Å². The fourth-order valence-electron chi connectivity index (χ4n) is 4.57. The number of hydrogen-bond acceptors (Lipinski definition) is 10. The number of benzene rings is 2. The smallest absolute Gasteiger partial charge is 0.341 e. The van der Waals surface area contributed by atoms with E-state index in [1.807, 2.05) is 20.8 Å². The summed E-state index contributed by atoms with van der Waals surface area (Å²) < 4.78 is 38.2. The average Bonchev–Trinajstić information content (AvgIpc) is 3.49. The molecule has 0 atom stereocenters. The molecule has 196 valence electrons. The van der Waals surface area contributed by atoms with Crippen molar-refractivity contribution >= 4 is 11.7 Å². The number of hydrogen-bond donors (Lipinski definition) is 1. The van der Waals surface area contributed by atoms with Gasteiger partial charge in [-0.15, -0.1) is 0 Å². The number of nitrogens with two attached hydrogens (primary N) is 1. The van der Waals surface area contributed by atoms with Crippen LogP contribution < -0.4 is 34.2 Å². The van der Waals surface area contributed by atoms with Crippen LogP contribution in [0.4, 0.5) is 5.69 Å². The summed E-state index contributed by atoms with van der Waals surface area (Å²) in [5, 5.41) is 0. The number of methoxy groups -OCH3 is 1. The van der Waals surface area contributed by atoms with E-state index in [2.05, 4.69) is 18.0 Å². The van der Waals surface area contributed by atoms with Gasteiger partial charge in [-0.2, -0.15) is 0 Å². The second kappa shape index (κ2) is 11.0. The molecular weight excluding hydrogens is 468 g/mol. The highest BCUT2D eigenvalue weighted by molar-refractivity contribution is 6.02. The zero-order valence-corrected chi connectivity index (χ0v) is 21.5. The van der Waals surface area contributed by atoms with Crippen LogP contribution in [0.3, 0.4) is 0 Å². The molecule has 3 heterocycles. The fraction of sp³-hybridized carbons (Fsp3) is 0.500. The van der Waals surface area contributed by atoms with Gasteiger partial charge in [-0.1, -0.05) is 0 Å². The first-order valence-corrected chi connectivity index (χ1v) is 12.2. The van der Waals surface area contributed by atoms with Gasteiger partial charge in [0.2, 0.25) is 18.3 Å². The molecule has 0 aromatic heterocycles. The molecule has 0 saturated carbocycles. The molecule has 3 aliphatic heterocycles. The number of esters is 1. The molecular formula is C26H34N2O8. The Bertz CT molecular complexity index is 1130. The molecule has 0 amide bonds. The summed E-state index contributed by atoms with van der Waals surface area (Å²) in [5.41, 5.74) is 9.79. The molecule has 2 aromatic carbocycles. The number of carbonyl (C=O) groups excluding carboxylic acids is 1. The highest BCUT2D eigenvalue weighted by Gasteiger charge is 2.34. The number of cyclic esters (lactones) is 1. The molecule has 36 heavy (non-hydrogen) atoms. The molecule has 3 aliphatic rings. The van der Waals surface area contributed by atoms with Crippen molar-refractivity contribution in [1.82, 2.24) is 4.90 Å². The van der Waals surface area contributed by atoms with Crippen molar-refractivity contribution in [3.8, 4) is 34.5 Å². The van der Waals surface area contributed by atoms with Crippen molar-refractivity contribution in [2.24, 2.45) is 0 Å². The predicted molar refractivity (Wildman–Crippen MR) is 133 cm³/mol. The SMILES string of the molecule is CCOc1c(N)c2c(c(OCC)c1OCC)COC2=O.COc1c2c(cc3c1OCO3)CCN(C)C2. The van der Waals surface area contributed by atoms with Crippen molar-refractivity contribution in [3.63, 3.8) is 0 Å². The second-order valence-corrected chi connectivity index (χ2v) is 8.40. The van der Waals surface area contributed by atoms with E-state index < -0.39 is 5.97 Å². The molecule has 10 nitrogen and oxygen atoms in total. The summed E-state index contributed by atoms with van der Waals surface area (Å²) in [6, 6.07) is 2.09. The van der Waals surface area contributed by atoms with E-state index in [1.54, 1.807) is 7.11 Å². The first-order chi connectivity index (χ1) is 17.4. The summed E-state index contributed by atoms with van der Waals surface area (Å²) in [6.45, 7) is 9.26. The van der Waals surface area contributed by atoms with Crippen LogP contribution in [-0.4, -0.2) is 58.2 Å². The highest BCUT2D eigenvalue weighted by Crippen LogP contribution is 2.50. The second-order valence-electron chi connectivity index (χ2n) is 8.40. The zero-order valence-electron chi connectivity index (χ0n) is 21.5. The van der Waals surface area contributed by atoms with Crippen molar-refractivity contribution in [2.45, 2.75) is 40.3 Å². The third kappa shape index (κ3) is 4.65. The molecule has 0 aliphatic carbocycles. The highest BCUT2D eigenvalue weighted by atomic mass is 16.7. The first kappa shape index (κ1) is 25.6. The first-order valence-electron chi connectivity index (χ1n) is 12.2. The Morgan fingerprint density at radius 3 is 2.33 bits per heavy atom. The maximum Gasteiger partial charge on any atom is 0.341 e. The molecule has 0 spiro atoms. The lowest BCUT2D eigenvalue weighted by Crippen LogP contribution is -2.26. The van der Waals surface area contributed by atoms with Gasteiger partial charge in [-0.05, 0) is 45.9 Å². The van der Waals surface area contributed by atoms with Crippen LogP contribution in [0.2, 0.25) is 0 Å². The van der Waals surface area contributed by atoms with Gasteiger partial charge in [0.25, 0.3) is 0 Å². The Morgan fingerprint density at radius 2 is 1.64 bits per heavy atom. The zero-order chi connectivity index (χ0) is 25.8. The van der Waals surface area contributed by atoms with Crippen molar-refractivity contribution in [1.29, 1.82) is 0 Å². The Balaban J connectivity index is 0.000000173. The number of likely N-dealkylation sites (N-methyl/N-ethyl adjacent to an activating group) is 1. The summed E-state index contributed by atoms with van der Waals surface area (Å²) in [7, 11) is 3.80. The van der Waals surface area contributed by atoms with Gasteiger partial charge in [0.1, 0.15) is 6.61 Å². The minimum absolute atomic E-state index is 0.139. The number of fused-ring (bicyclic) bond motifs is 3. The molecule has 10 heteroatoms. The van der Waals surface area contributed by atoms with Gasteiger partial charge in [-0.3, -0.25) is 0 Å². The summed E-state index contributed by atoms with van der Waals surface area (Å²) in [4.78, 5) is 14.1.